The molecule has 142 valence electrons. The predicted octanol–water partition coefficient (Wildman–Crippen LogP) is 4.32. The van der Waals surface area contributed by atoms with Crippen molar-refractivity contribution >= 4 is 20.8 Å². The molecule has 0 aliphatic carbocycles. The maximum Gasteiger partial charge on any atom is 0.355 e. The lowest BCUT2D eigenvalue weighted by Gasteiger charge is -2.19. The normalized spacial score (nSPS) is 12.3. The smallest absolute Gasteiger partial charge is 0.355 e. The molecule has 2 aromatic carbocycles. The largest absolute Gasteiger partial charge is 0.490 e. The van der Waals surface area contributed by atoms with Crippen LogP contribution in [0.1, 0.15) is 33.3 Å². The molecule has 1 aromatic heterocycles. The molecule has 0 unspecified atom stereocenters. The minimum Gasteiger partial charge on any atom is -0.490 e. The van der Waals surface area contributed by atoms with Crippen molar-refractivity contribution in [2.45, 2.75) is 42.9 Å². The van der Waals surface area contributed by atoms with Gasteiger partial charge in [0.15, 0.2) is 16.2 Å². The van der Waals surface area contributed by atoms with Gasteiger partial charge in [0.25, 0.3) is 0 Å². The summed E-state index contributed by atoms with van der Waals surface area (Å²) in [4.78, 5) is 12.1. The Morgan fingerprint density at radius 2 is 1.70 bits per heavy atom. The zero-order valence-electron chi connectivity index (χ0n) is 15.8. The van der Waals surface area contributed by atoms with Crippen LogP contribution < -0.4 is 10.4 Å². The van der Waals surface area contributed by atoms with Crippen LogP contribution in [0.15, 0.2) is 67.5 Å². The molecule has 0 atom stereocenters. The van der Waals surface area contributed by atoms with Crippen molar-refractivity contribution in [2.75, 3.05) is 6.61 Å². The van der Waals surface area contributed by atoms with Crippen LogP contribution in [-0.4, -0.2) is 15.0 Å². The number of hydrogen-bond donors (Lipinski definition) is 0. The van der Waals surface area contributed by atoms with Gasteiger partial charge in [0.1, 0.15) is 0 Å². The predicted molar refractivity (Wildman–Crippen MR) is 104 cm³/mol. The Morgan fingerprint density at radius 1 is 1.04 bits per heavy atom. The fourth-order valence-electron chi connectivity index (χ4n) is 2.82. The fourth-order valence-corrected chi connectivity index (χ4v) is 4.11. The van der Waals surface area contributed by atoms with Crippen molar-refractivity contribution in [1.82, 2.24) is 0 Å². The van der Waals surface area contributed by atoms with Crippen molar-refractivity contribution in [3.63, 3.8) is 0 Å². The van der Waals surface area contributed by atoms with Gasteiger partial charge < -0.3 is 9.15 Å². The van der Waals surface area contributed by atoms with Gasteiger partial charge in [0.2, 0.25) is 9.84 Å². The van der Waals surface area contributed by atoms with Gasteiger partial charge in [-0.3, -0.25) is 0 Å². The van der Waals surface area contributed by atoms with Crippen LogP contribution in [0.3, 0.4) is 0 Å². The van der Waals surface area contributed by atoms with Crippen LogP contribution in [0.5, 0.6) is 5.75 Å². The summed E-state index contributed by atoms with van der Waals surface area (Å²) in [6.07, 6.45) is 0. The molecule has 0 spiro atoms. The van der Waals surface area contributed by atoms with Crippen molar-refractivity contribution in [3.8, 4) is 5.75 Å². The lowest BCUT2D eigenvalue weighted by molar-refractivity contribution is 0.336. The Kier molecular flexibility index (Phi) is 4.86. The molecule has 0 saturated carbocycles. The van der Waals surface area contributed by atoms with E-state index in [9.17, 15) is 13.2 Å². The second kappa shape index (κ2) is 6.85. The van der Waals surface area contributed by atoms with Gasteiger partial charge in [0.05, 0.1) is 11.5 Å². The second-order valence-electron chi connectivity index (χ2n) is 7.28. The Labute approximate surface area is 158 Å². The lowest BCUT2D eigenvalue weighted by Crippen LogP contribution is -2.15. The van der Waals surface area contributed by atoms with Gasteiger partial charge in [-0.1, -0.05) is 45.0 Å². The number of fused-ring (bicyclic) bond motifs is 1. The second-order valence-corrected chi connectivity index (χ2v) is 9.20. The van der Waals surface area contributed by atoms with Crippen molar-refractivity contribution in [3.05, 3.63) is 64.5 Å². The first-order chi connectivity index (χ1) is 12.6. The van der Waals surface area contributed by atoms with Crippen LogP contribution in [0.4, 0.5) is 0 Å². The first-order valence-electron chi connectivity index (χ1n) is 8.70. The highest BCUT2D eigenvalue weighted by Crippen LogP contribution is 2.29. The van der Waals surface area contributed by atoms with E-state index in [0.717, 1.165) is 5.56 Å². The molecule has 0 fully saturated rings. The standard InChI is InChI=1S/C21H22O5S/c1-5-25-17-8-6-7-14-13-18(20(22)26-19(14)17)27(23,24)16-11-9-15(10-12-16)21(2,3)4/h6-13H,5H2,1-4H3. The highest BCUT2D eigenvalue weighted by Gasteiger charge is 2.25. The lowest BCUT2D eigenvalue weighted by atomic mass is 9.87. The molecule has 3 rings (SSSR count). The molecule has 27 heavy (non-hydrogen) atoms. The maximum atomic E-state index is 13.0. The van der Waals surface area contributed by atoms with E-state index in [1.165, 1.54) is 18.2 Å². The minimum atomic E-state index is -4.00. The molecule has 5 nitrogen and oxygen atoms in total. The Morgan fingerprint density at radius 3 is 2.30 bits per heavy atom. The first kappa shape index (κ1) is 19.2. The Hall–Kier alpha value is -2.60. The van der Waals surface area contributed by atoms with Crippen LogP contribution >= 0.6 is 0 Å². The van der Waals surface area contributed by atoms with Crippen LogP contribution in [0.25, 0.3) is 11.0 Å². The Balaban J connectivity index is 2.13. The summed E-state index contributed by atoms with van der Waals surface area (Å²) in [6, 6.07) is 13.0. The number of sulfone groups is 1. The number of para-hydroxylation sites is 1. The van der Waals surface area contributed by atoms with Crippen molar-refractivity contribution in [1.29, 1.82) is 0 Å². The molecule has 0 bridgehead atoms. The summed E-state index contributed by atoms with van der Waals surface area (Å²) in [6.45, 7) is 8.36. The number of benzene rings is 2. The zero-order valence-corrected chi connectivity index (χ0v) is 16.6. The van der Waals surface area contributed by atoms with Gasteiger partial charge in [-0.15, -0.1) is 0 Å². The topological polar surface area (TPSA) is 73.6 Å². The molecule has 0 aliphatic rings. The highest BCUT2D eigenvalue weighted by atomic mass is 32.2. The summed E-state index contributed by atoms with van der Waals surface area (Å²) in [5.41, 5.74) is 0.245. The summed E-state index contributed by atoms with van der Waals surface area (Å²) >= 11 is 0. The minimum absolute atomic E-state index is 0.0584. The van der Waals surface area contributed by atoms with Gasteiger partial charge in [-0.2, -0.15) is 0 Å². The molecule has 0 N–H and O–H groups in total. The Bertz CT molecular complexity index is 1130. The van der Waals surface area contributed by atoms with E-state index in [4.69, 9.17) is 9.15 Å². The van der Waals surface area contributed by atoms with E-state index in [-0.39, 0.29) is 20.8 Å². The molecule has 1 heterocycles. The summed E-state index contributed by atoms with van der Waals surface area (Å²) in [5.74, 6) is 0.408. The summed E-state index contributed by atoms with van der Waals surface area (Å²) in [5, 5.41) is 0.491. The number of ether oxygens (including phenoxy) is 1. The monoisotopic (exact) mass is 386 g/mol. The van der Waals surface area contributed by atoms with Crippen LogP contribution in [-0.2, 0) is 15.3 Å². The van der Waals surface area contributed by atoms with Crippen molar-refractivity contribution < 1.29 is 17.6 Å². The van der Waals surface area contributed by atoms with Gasteiger partial charge in [0, 0.05) is 5.39 Å². The molecular formula is C21H22O5S. The van der Waals surface area contributed by atoms with E-state index >= 15 is 0 Å². The van der Waals surface area contributed by atoms with Crippen LogP contribution in [0.2, 0.25) is 0 Å². The quantitative estimate of drug-likeness (QED) is 0.624. The van der Waals surface area contributed by atoms with Crippen molar-refractivity contribution in [2.24, 2.45) is 0 Å². The molecule has 3 aromatic rings. The van der Waals surface area contributed by atoms with Gasteiger partial charge in [-0.25, -0.2) is 13.2 Å². The molecular weight excluding hydrogens is 364 g/mol. The average molecular weight is 386 g/mol. The summed E-state index contributed by atoms with van der Waals surface area (Å²) in [7, 11) is -4.00. The highest BCUT2D eigenvalue weighted by molar-refractivity contribution is 7.91. The first-order valence-corrected chi connectivity index (χ1v) is 10.2. The third-order valence-corrected chi connectivity index (χ3v) is 6.07. The third kappa shape index (κ3) is 3.62. The van der Waals surface area contributed by atoms with E-state index < -0.39 is 15.5 Å². The molecule has 0 saturated heterocycles. The number of rotatable bonds is 4. The SMILES string of the molecule is CCOc1cccc2cc(S(=O)(=O)c3ccc(C(C)(C)C)cc3)c(=O)oc12. The van der Waals surface area contributed by atoms with Gasteiger partial charge >= 0.3 is 5.63 Å². The fraction of sp³-hybridized carbons (Fsp3) is 0.286. The third-order valence-electron chi connectivity index (χ3n) is 4.31. The van der Waals surface area contributed by atoms with E-state index in [0.29, 0.717) is 17.7 Å². The zero-order chi connectivity index (χ0) is 19.8. The molecule has 0 amide bonds. The summed E-state index contributed by atoms with van der Waals surface area (Å²) < 4.78 is 36.7. The number of hydrogen-bond acceptors (Lipinski definition) is 5. The maximum absolute atomic E-state index is 13.0. The van der Waals surface area contributed by atoms with Gasteiger partial charge in [-0.05, 0) is 42.2 Å². The molecule has 0 aliphatic heterocycles. The van der Waals surface area contributed by atoms with E-state index in [1.807, 2.05) is 27.7 Å². The average Bonchev–Trinajstić information content (AvgIpc) is 2.61. The molecule has 6 heteroatoms. The van der Waals surface area contributed by atoms with E-state index in [2.05, 4.69) is 0 Å². The van der Waals surface area contributed by atoms with E-state index in [1.54, 1.807) is 30.3 Å². The van der Waals surface area contributed by atoms with Crippen LogP contribution in [0, 0.1) is 0 Å². The molecule has 0 radical (unpaired) electrons.